The number of hydrogen-bond donors (Lipinski definition) is 0. The van der Waals surface area contributed by atoms with Crippen LogP contribution in [0.25, 0.3) is 0 Å². The van der Waals surface area contributed by atoms with Crippen molar-refractivity contribution in [2.24, 2.45) is 0 Å². The second kappa shape index (κ2) is 7.58. The van der Waals surface area contributed by atoms with E-state index in [9.17, 15) is 13.2 Å². The summed E-state index contributed by atoms with van der Waals surface area (Å²) in [7, 11) is -3.09. The minimum absolute atomic E-state index is 0.00791. The summed E-state index contributed by atoms with van der Waals surface area (Å²) in [6.45, 7) is 3.86. The Morgan fingerprint density at radius 2 is 1.81 bits per heavy atom. The quantitative estimate of drug-likeness (QED) is 0.723. The molecule has 0 spiro atoms. The Balaban J connectivity index is 2.00. The first kappa shape index (κ1) is 16.7. The summed E-state index contributed by atoms with van der Waals surface area (Å²) < 4.78 is 29.4. The van der Waals surface area contributed by atoms with Gasteiger partial charge >= 0.3 is 5.97 Å². The molecule has 2 aliphatic rings. The van der Waals surface area contributed by atoms with E-state index in [0.717, 1.165) is 38.8 Å². The molecular formula is C15H27NO4S. The maximum atomic E-state index is 12.0. The zero-order chi connectivity index (χ0) is 15.3. The summed E-state index contributed by atoms with van der Waals surface area (Å²) in [4.78, 5) is 14.1. The molecule has 2 unspecified atom stereocenters. The van der Waals surface area contributed by atoms with Gasteiger partial charge in [0.15, 0.2) is 9.84 Å². The topological polar surface area (TPSA) is 63.7 Å². The molecule has 2 rings (SSSR count). The molecule has 2 fully saturated rings. The van der Waals surface area contributed by atoms with Crippen molar-refractivity contribution in [2.45, 2.75) is 64.0 Å². The third-order valence-corrected chi connectivity index (χ3v) is 6.08. The number of esters is 1. The van der Waals surface area contributed by atoms with Gasteiger partial charge in [-0.15, -0.1) is 0 Å². The van der Waals surface area contributed by atoms with Crippen molar-refractivity contribution in [1.29, 1.82) is 0 Å². The van der Waals surface area contributed by atoms with Crippen LogP contribution in [0.15, 0.2) is 0 Å². The fourth-order valence-corrected chi connectivity index (χ4v) is 5.10. The van der Waals surface area contributed by atoms with Crippen LogP contribution in [-0.4, -0.2) is 56.0 Å². The summed E-state index contributed by atoms with van der Waals surface area (Å²) in [5, 5.41) is 0. The Labute approximate surface area is 127 Å². The first-order chi connectivity index (χ1) is 10.0. The molecule has 0 aromatic heterocycles. The molecule has 0 saturated carbocycles. The first-order valence-electron chi connectivity index (χ1n) is 8.16. The van der Waals surface area contributed by atoms with Gasteiger partial charge in [0.2, 0.25) is 0 Å². The number of ether oxygens (including phenoxy) is 1. The number of hydrogen-bond acceptors (Lipinski definition) is 5. The van der Waals surface area contributed by atoms with Crippen molar-refractivity contribution in [1.82, 2.24) is 4.90 Å². The number of sulfone groups is 1. The third-order valence-electron chi connectivity index (χ3n) is 4.40. The Morgan fingerprint density at radius 3 is 2.43 bits per heavy atom. The number of unbranched alkanes of at least 4 members (excludes halogenated alkanes) is 1. The van der Waals surface area contributed by atoms with Crippen LogP contribution in [0.4, 0.5) is 0 Å². The lowest BCUT2D eigenvalue weighted by Crippen LogP contribution is -2.45. The normalized spacial score (nSPS) is 30.0. The standard InChI is InChI=1S/C15H27NO4S/c1-2-3-8-15(17)20-14-12-21(18,19)11-13(14)16-9-6-4-5-7-10-16/h13-14H,2-12H2,1H3. The molecule has 6 heteroatoms. The Hall–Kier alpha value is -0.620. The van der Waals surface area contributed by atoms with E-state index in [1.165, 1.54) is 12.8 Å². The number of nitrogens with zero attached hydrogens (tertiary/aromatic N) is 1. The van der Waals surface area contributed by atoms with E-state index in [0.29, 0.717) is 6.42 Å². The van der Waals surface area contributed by atoms with Crippen molar-refractivity contribution in [3.63, 3.8) is 0 Å². The van der Waals surface area contributed by atoms with E-state index in [4.69, 9.17) is 4.74 Å². The summed E-state index contributed by atoms with van der Waals surface area (Å²) in [5.74, 6) is -0.121. The van der Waals surface area contributed by atoms with E-state index in [-0.39, 0.29) is 23.5 Å². The van der Waals surface area contributed by atoms with E-state index < -0.39 is 15.9 Å². The van der Waals surface area contributed by atoms with Crippen LogP contribution in [0.2, 0.25) is 0 Å². The molecule has 2 atom stereocenters. The van der Waals surface area contributed by atoms with Crippen LogP contribution >= 0.6 is 0 Å². The SMILES string of the molecule is CCCCC(=O)OC1CS(=O)(=O)CC1N1CCCCCC1. The second-order valence-electron chi connectivity index (χ2n) is 6.23. The molecular weight excluding hydrogens is 290 g/mol. The highest BCUT2D eigenvalue weighted by atomic mass is 32.2. The average Bonchev–Trinajstić information content (AvgIpc) is 2.63. The monoisotopic (exact) mass is 317 g/mol. The van der Waals surface area contributed by atoms with Crippen molar-refractivity contribution in [2.75, 3.05) is 24.6 Å². The zero-order valence-corrected chi connectivity index (χ0v) is 13.7. The van der Waals surface area contributed by atoms with Gasteiger partial charge in [0, 0.05) is 6.42 Å². The van der Waals surface area contributed by atoms with Crippen LogP contribution in [0, 0.1) is 0 Å². The minimum Gasteiger partial charge on any atom is -0.460 e. The largest absolute Gasteiger partial charge is 0.460 e. The smallest absolute Gasteiger partial charge is 0.306 e. The predicted octanol–water partition coefficient (Wildman–Crippen LogP) is 1.76. The van der Waals surface area contributed by atoms with Gasteiger partial charge in [0.1, 0.15) is 6.10 Å². The molecule has 5 nitrogen and oxygen atoms in total. The molecule has 122 valence electrons. The Bertz CT molecular complexity index is 441. The lowest BCUT2D eigenvalue weighted by atomic mass is 10.1. The number of carbonyl (C=O) groups is 1. The Kier molecular flexibility index (Phi) is 6.05. The average molecular weight is 317 g/mol. The van der Waals surface area contributed by atoms with E-state index in [2.05, 4.69) is 4.90 Å². The molecule has 0 radical (unpaired) electrons. The molecule has 0 amide bonds. The fourth-order valence-electron chi connectivity index (χ4n) is 3.23. The molecule has 2 heterocycles. The zero-order valence-electron chi connectivity index (χ0n) is 12.9. The summed E-state index contributed by atoms with van der Waals surface area (Å²) in [6, 6.07) is -0.140. The van der Waals surface area contributed by atoms with Crippen molar-refractivity contribution in [3.05, 3.63) is 0 Å². The van der Waals surface area contributed by atoms with Crippen LogP contribution in [-0.2, 0) is 19.4 Å². The number of rotatable bonds is 5. The fraction of sp³-hybridized carbons (Fsp3) is 0.933. The maximum absolute atomic E-state index is 12.0. The highest BCUT2D eigenvalue weighted by Gasteiger charge is 2.43. The predicted molar refractivity (Wildman–Crippen MR) is 81.9 cm³/mol. The van der Waals surface area contributed by atoms with Crippen LogP contribution < -0.4 is 0 Å². The molecule has 0 aromatic rings. The molecule has 0 bridgehead atoms. The first-order valence-corrected chi connectivity index (χ1v) is 9.98. The molecule has 0 N–H and O–H groups in total. The van der Waals surface area contributed by atoms with Gasteiger partial charge in [-0.05, 0) is 32.4 Å². The molecule has 0 aromatic carbocycles. The van der Waals surface area contributed by atoms with Crippen molar-refractivity contribution in [3.8, 4) is 0 Å². The lowest BCUT2D eigenvalue weighted by molar-refractivity contribution is -0.150. The molecule has 21 heavy (non-hydrogen) atoms. The third kappa shape index (κ3) is 4.95. The van der Waals surface area contributed by atoms with Crippen LogP contribution in [0.5, 0.6) is 0 Å². The number of likely N-dealkylation sites (tertiary alicyclic amines) is 1. The van der Waals surface area contributed by atoms with E-state index in [1.807, 2.05) is 6.92 Å². The van der Waals surface area contributed by atoms with Crippen LogP contribution in [0.1, 0.15) is 51.9 Å². The van der Waals surface area contributed by atoms with Gasteiger partial charge in [0.25, 0.3) is 0 Å². The molecule has 2 aliphatic heterocycles. The lowest BCUT2D eigenvalue weighted by Gasteiger charge is -2.30. The van der Waals surface area contributed by atoms with Gasteiger partial charge in [-0.1, -0.05) is 26.2 Å². The van der Waals surface area contributed by atoms with E-state index in [1.54, 1.807) is 0 Å². The number of carbonyl (C=O) groups excluding carboxylic acids is 1. The highest BCUT2D eigenvalue weighted by molar-refractivity contribution is 7.91. The van der Waals surface area contributed by atoms with Gasteiger partial charge in [-0.3, -0.25) is 9.69 Å². The molecule has 2 saturated heterocycles. The van der Waals surface area contributed by atoms with Gasteiger partial charge in [0.05, 0.1) is 17.5 Å². The van der Waals surface area contributed by atoms with Crippen LogP contribution in [0.3, 0.4) is 0 Å². The molecule has 0 aliphatic carbocycles. The summed E-state index contributed by atoms with van der Waals surface area (Å²) in [5.41, 5.74) is 0. The summed E-state index contributed by atoms with van der Waals surface area (Å²) >= 11 is 0. The van der Waals surface area contributed by atoms with Gasteiger partial charge in [-0.25, -0.2) is 8.42 Å². The van der Waals surface area contributed by atoms with Crippen molar-refractivity contribution >= 4 is 15.8 Å². The second-order valence-corrected chi connectivity index (χ2v) is 8.38. The minimum atomic E-state index is -3.09. The Morgan fingerprint density at radius 1 is 1.14 bits per heavy atom. The van der Waals surface area contributed by atoms with Gasteiger partial charge in [-0.2, -0.15) is 0 Å². The highest BCUT2D eigenvalue weighted by Crippen LogP contribution is 2.24. The summed E-state index contributed by atoms with van der Waals surface area (Å²) in [6.07, 6.45) is 6.27. The van der Waals surface area contributed by atoms with Crippen molar-refractivity contribution < 1.29 is 17.9 Å². The van der Waals surface area contributed by atoms with Gasteiger partial charge < -0.3 is 4.74 Å². The maximum Gasteiger partial charge on any atom is 0.306 e. The van der Waals surface area contributed by atoms with E-state index >= 15 is 0 Å².